The molecule has 0 saturated carbocycles. The van der Waals surface area contributed by atoms with Crippen LogP contribution in [-0.2, 0) is 14.8 Å². The Balaban J connectivity index is 1.84. The number of ether oxygens (including phenoxy) is 2. The first kappa shape index (κ1) is 27.5. The van der Waals surface area contributed by atoms with Gasteiger partial charge in [-0.2, -0.15) is 0 Å². The minimum Gasteiger partial charge on any atom is -0.494 e. The van der Waals surface area contributed by atoms with Crippen LogP contribution in [0.3, 0.4) is 0 Å². The van der Waals surface area contributed by atoms with Crippen LogP contribution in [0, 0.1) is 0 Å². The van der Waals surface area contributed by atoms with Gasteiger partial charge in [-0.1, -0.05) is 30.3 Å². The molecule has 0 aliphatic carbocycles. The number of amides is 1. The van der Waals surface area contributed by atoms with E-state index in [0.29, 0.717) is 45.1 Å². The summed E-state index contributed by atoms with van der Waals surface area (Å²) in [6.07, 6.45) is 1.05. The van der Waals surface area contributed by atoms with Crippen LogP contribution in [-0.4, -0.2) is 76.1 Å². The van der Waals surface area contributed by atoms with E-state index >= 15 is 0 Å². The van der Waals surface area contributed by atoms with Crippen LogP contribution in [0.1, 0.15) is 11.1 Å². The average molecular weight is 551 g/mol. The van der Waals surface area contributed by atoms with Gasteiger partial charge in [0.25, 0.3) is 0 Å². The number of aliphatic imine (C=N–C) groups is 1. The number of carbonyl (C=O) groups excluding carboxylic acids is 1. The normalized spacial score (nSPS) is 11.9. The molecule has 0 radical (unpaired) electrons. The zero-order valence-electron chi connectivity index (χ0n) is 22.3. The van der Waals surface area contributed by atoms with Crippen LogP contribution in [0.25, 0.3) is 10.9 Å². The van der Waals surface area contributed by atoms with Gasteiger partial charge in [0, 0.05) is 31.1 Å². The summed E-state index contributed by atoms with van der Waals surface area (Å²) in [5.74, 6) is 0.575. The molecule has 4 aromatic rings. The SMILES string of the molecule is COc1cc2[nH]c(O)c(C(=Nc3ccc(N(CC(=O)N(C)C)S(C)(=O)=O)cc3)c3ccccc3)c2cc1OC. The van der Waals surface area contributed by atoms with Crippen molar-refractivity contribution in [1.29, 1.82) is 0 Å². The van der Waals surface area contributed by atoms with Crippen LogP contribution in [0.2, 0.25) is 0 Å². The van der Waals surface area contributed by atoms with Crippen molar-refractivity contribution in [3.63, 3.8) is 0 Å². The lowest BCUT2D eigenvalue weighted by Gasteiger charge is -2.23. The number of rotatable bonds is 9. The highest BCUT2D eigenvalue weighted by Gasteiger charge is 2.23. The molecule has 0 saturated heterocycles. The van der Waals surface area contributed by atoms with E-state index in [4.69, 9.17) is 14.5 Å². The second-order valence-corrected chi connectivity index (χ2v) is 10.9. The van der Waals surface area contributed by atoms with Crippen LogP contribution < -0.4 is 13.8 Å². The molecule has 0 bridgehead atoms. The predicted octanol–water partition coefficient (Wildman–Crippen LogP) is 3.91. The van der Waals surface area contributed by atoms with Crippen LogP contribution in [0.15, 0.2) is 71.7 Å². The quantitative estimate of drug-likeness (QED) is 0.305. The molecule has 10 nitrogen and oxygen atoms in total. The van der Waals surface area contributed by atoms with E-state index in [0.717, 1.165) is 16.1 Å². The highest BCUT2D eigenvalue weighted by molar-refractivity contribution is 7.92. The molecule has 39 heavy (non-hydrogen) atoms. The summed E-state index contributed by atoms with van der Waals surface area (Å²) in [5.41, 5.74) is 3.19. The number of carbonyl (C=O) groups is 1. The van der Waals surface area contributed by atoms with E-state index in [1.165, 1.54) is 19.1 Å². The van der Waals surface area contributed by atoms with Crippen molar-refractivity contribution in [3.8, 4) is 17.4 Å². The van der Waals surface area contributed by atoms with E-state index < -0.39 is 10.0 Å². The maximum absolute atomic E-state index is 12.4. The van der Waals surface area contributed by atoms with Gasteiger partial charge in [0.2, 0.25) is 15.9 Å². The molecule has 0 atom stereocenters. The summed E-state index contributed by atoms with van der Waals surface area (Å²) in [6.45, 7) is -0.321. The third-order valence-electron chi connectivity index (χ3n) is 6.12. The fraction of sp³-hybridized carbons (Fsp3) is 0.214. The first-order valence-corrected chi connectivity index (χ1v) is 13.8. The summed E-state index contributed by atoms with van der Waals surface area (Å²) in [5, 5.41) is 11.7. The van der Waals surface area contributed by atoms with Gasteiger partial charge < -0.3 is 24.5 Å². The standard InChI is InChI=1S/C28H30N4O6S/c1-31(2)25(33)17-32(39(5,35)36)20-13-11-19(12-14-20)29-27(18-9-7-6-8-10-18)26-21-15-23(37-3)24(38-4)16-22(21)30-28(26)34/h6-16,30,34H,17H2,1-5H3. The number of sulfonamides is 1. The Morgan fingerprint density at radius 1 is 0.974 bits per heavy atom. The number of H-pyrrole nitrogens is 1. The average Bonchev–Trinajstić information content (AvgIpc) is 3.23. The minimum absolute atomic E-state index is 0.0787. The Morgan fingerprint density at radius 2 is 1.59 bits per heavy atom. The molecule has 2 N–H and O–H groups in total. The van der Waals surface area contributed by atoms with E-state index in [2.05, 4.69) is 4.98 Å². The summed E-state index contributed by atoms with van der Waals surface area (Å²) >= 11 is 0. The van der Waals surface area contributed by atoms with Crippen molar-refractivity contribution in [2.45, 2.75) is 0 Å². The lowest BCUT2D eigenvalue weighted by Crippen LogP contribution is -2.39. The number of benzene rings is 3. The van der Waals surface area contributed by atoms with Gasteiger partial charge in [0.15, 0.2) is 17.4 Å². The van der Waals surface area contributed by atoms with Gasteiger partial charge >= 0.3 is 0 Å². The molecule has 1 amide bonds. The summed E-state index contributed by atoms with van der Waals surface area (Å²) in [6, 6.07) is 19.4. The first-order valence-electron chi connectivity index (χ1n) is 11.9. The molecule has 4 rings (SSSR count). The fourth-order valence-corrected chi connectivity index (χ4v) is 4.94. The van der Waals surface area contributed by atoms with Gasteiger partial charge in [0.05, 0.1) is 48.6 Å². The maximum Gasteiger partial charge on any atom is 0.242 e. The number of nitrogens with one attached hydrogen (secondary N) is 1. The molecule has 11 heteroatoms. The van der Waals surface area contributed by atoms with Gasteiger partial charge in [-0.25, -0.2) is 13.4 Å². The monoisotopic (exact) mass is 550 g/mol. The largest absolute Gasteiger partial charge is 0.494 e. The number of aromatic amines is 1. The molecule has 3 aromatic carbocycles. The number of aromatic nitrogens is 1. The third kappa shape index (κ3) is 5.83. The number of hydrogen-bond donors (Lipinski definition) is 2. The van der Waals surface area contributed by atoms with Crippen molar-refractivity contribution in [1.82, 2.24) is 9.88 Å². The van der Waals surface area contributed by atoms with Crippen LogP contribution in [0.5, 0.6) is 17.4 Å². The smallest absolute Gasteiger partial charge is 0.242 e. The molecule has 204 valence electrons. The Labute approximate surface area is 227 Å². The van der Waals surface area contributed by atoms with E-state index in [9.17, 15) is 18.3 Å². The molecule has 1 heterocycles. The number of aromatic hydroxyl groups is 1. The molecule has 1 aromatic heterocycles. The summed E-state index contributed by atoms with van der Waals surface area (Å²) in [4.78, 5) is 21.4. The van der Waals surface area contributed by atoms with Crippen molar-refractivity contribution in [3.05, 3.63) is 77.9 Å². The number of nitrogens with zero attached hydrogens (tertiary/aromatic N) is 3. The molecule has 0 aliphatic heterocycles. The number of anilines is 1. The third-order valence-corrected chi connectivity index (χ3v) is 7.26. The van der Waals surface area contributed by atoms with Crippen molar-refractivity contribution >= 4 is 43.9 Å². The minimum atomic E-state index is -3.71. The van der Waals surface area contributed by atoms with Crippen molar-refractivity contribution < 1.29 is 27.8 Å². The molecule has 0 spiro atoms. The van der Waals surface area contributed by atoms with E-state index in [1.807, 2.05) is 30.3 Å². The highest BCUT2D eigenvalue weighted by Crippen LogP contribution is 2.38. The Bertz CT molecular complexity index is 1630. The number of fused-ring (bicyclic) bond motifs is 1. The second-order valence-electron chi connectivity index (χ2n) is 9.00. The molecule has 0 aliphatic rings. The van der Waals surface area contributed by atoms with Gasteiger partial charge in [-0.15, -0.1) is 0 Å². The first-order chi connectivity index (χ1) is 18.5. The van der Waals surface area contributed by atoms with Crippen molar-refractivity contribution in [2.75, 3.05) is 45.4 Å². The molecule has 0 unspecified atom stereocenters. The number of methoxy groups -OCH3 is 2. The zero-order chi connectivity index (χ0) is 28.3. The topological polar surface area (TPSA) is 125 Å². The van der Waals surface area contributed by atoms with E-state index in [-0.39, 0.29) is 18.3 Å². The second kappa shape index (κ2) is 11.1. The zero-order valence-corrected chi connectivity index (χ0v) is 23.1. The lowest BCUT2D eigenvalue weighted by atomic mass is 10.0. The van der Waals surface area contributed by atoms with Gasteiger partial charge in [-0.3, -0.25) is 9.10 Å². The summed E-state index contributed by atoms with van der Waals surface area (Å²) in [7, 11) is 2.50. The predicted molar refractivity (Wildman–Crippen MR) is 152 cm³/mol. The van der Waals surface area contributed by atoms with Gasteiger partial charge in [-0.05, 0) is 30.3 Å². The lowest BCUT2D eigenvalue weighted by molar-refractivity contribution is -0.127. The molecular formula is C28H30N4O6S. The molecule has 0 fully saturated rings. The van der Waals surface area contributed by atoms with E-state index in [1.54, 1.807) is 50.5 Å². The Hall–Kier alpha value is -4.51. The Morgan fingerprint density at radius 3 is 2.15 bits per heavy atom. The van der Waals surface area contributed by atoms with Crippen LogP contribution in [0.4, 0.5) is 11.4 Å². The number of hydrogen-bond acceptors (Lipinski definition) is 7. The Kier molecular flexibility index (Phi) is 7.82. The summed E-state index contributed by atoms with van der Waals surface area (Å²) < 4.78 is 36.8. The molecular weight excluding hydrogens is 520 g/mol. The maximum atomic E-state index is 12.4. The van der Waals surface area contributed by atoms with Gasteiger partial charge in [0.1, 0.15) is 6.54 Å². The fourth-order valence-electron chi connectivity index (χ4n) is 4.09. The van der Waals surface area contributed by atoms with Crippen LogP contribution >= 0.6 is 0 Å². The number of likely N-dealkylation sites (N-methyl/N-ethyl adjacent to an activating group) is 1. The highest BCUT2D eigenvalue weighted by atomic mass is 32.2. The van der Waals surface area contributed by atoms with Crippen molar-refractivity contribution in [2.24, 2.45) is 4.99 Å².